The van der Waals surface area contributed by atoms with Crippen LogP contribution in [-0.2, 0) is 28.6 Å². The Kier molecular flexibility index (Phi) is 10.9. The van der Waals surface area contributed by atoms with Crippen LogP contribution in [0.1, 0.15) is 31.1 Å². The van der Waals surface area contributed by atoms with Gasteiger partial charge in [0.1, 0.15) is 0 Å². The lowest BCUT2D eigenvalue weighted by Crippen LogP contribution is -2.28. The summed E-state index contributed by atoms with van der Waals surface area (Å²) >= 11 is 51.6. The zero-order valence-electron chi connectivity index (χ0n) is 15.2. The number of alkyl halides is 9. The molecule has 0 aromatic heterocycles. The number of carbonyl (C=O) groups excluding carboxylic acids is 6. The predicted octanol–water partition coefficient (Wildman–Crippen LogP) is 5.14. The lowest BCUT2D eigenvalue weighted by Gasteiger charge is -2.15. The minimum Gasteiger partial charge on any atom is -0.386 e. The Bertz CT molecular complexity index is 1010. The monoisotopic (exact) mass is 674 g/mol. The van der Waals surface area contributed by atoms with Gasteiger partial charge in [0.2, 0.25) is 0 Å². The molecule has 0 saturated heterocycles. The Balaban J connectivity index is 3.55. The third kappa shape index (κ3) is 8.92. The normalized spacial score (nSPS) is 11.9. The molecule has 0 heterocycles. The molecule has 0 unspecified atom stereocenters. The number of hydrogen-bond acceptors (Lipinski definition) is 10. The molecule has 0 aliphatic rings. The lowest BCUT2D eigenvalue weighted by atomic mass is 10.0. The van der Waals surface area contributed by atoms with Gasteiger partial charge in [-0.2, -0.15) is 0 Å². The molecule has 0 radical (unpaired) electrons. The molecule has 19 heteroatoms. The van der Waals surface area contributed by atoms with E-state index in [1.165, 1.54) is 0 Å². The predicted molar refractivity (Wildman–Crippen MR) is 126 cm³/mol. The maximum Gasteiger partial charge on any atom is 0.366 e. The van der Waals surface area contributed by atoms with Crippen molar-refractivity contribution in [1.82, 2.24) is 0 Å². The van der Waals surface area contributed by atoms with Gasteiger partial charge in [-0.05, 0) is 12.1 Å². The van der Waals surface area contributed by atoms with Crippen molar-refractivity contribution < 1.29 is 43.0 Å². The number of carbonyl (C=O) groups is 6. The molecule has 9 nitrogen and oxygen atoms in total. The number of ether oxygens (including phenoxy) is 3. The van der Waals surface area contributed by atoms with Gasteiger partial charge in [0, 0.05) is 4.90 Å². The second-order valence-corrected chi connectivity index (χ2v) is 12.7. The molecule has 0 amide bonds. The van der Waals surface area contributed by atoms with E-state index in [4.69, 9.17) is 104 Å². The fourth-order valence-corrected chi connectivity index (χ4v) is 2.32. The van der Waals surface area contributed by atoms with Crippen molar-refractivity contribution >= 4 is 153 Å². The number of benzene rings is 1. The molecular weight excluding hydrogens is 675 g/mol. The largest absolute Gasteiger partial charge is 0.386 e. The number of rotatable bonds is 3. The van der Waals surface area contributed by atoms with E-state index in [2.05, 4.69) is 26.8 Å². The molecule has 0 bridgehead atoms. The summed E-state index contributed by atoms with van der Waals surface area (Å²) in [6, 6.07) is 1.27. The molecule has 0 aliphatic heterocycles. The Labute approximate surface area is 239 Å². The highest BCUT2D eigenvalue weighted by molar-refractivity contribution is 7.80. The minimum atomic E-state index is -2.70. The van der Waals surface area contributed by atoms with Crippen molar-refractivity contribution in [3.05, 3.63) is 28.8 Å². The Morgan fingerprint density at radius 3 is 1.09 bits per heavy atom. The fourth-order valence-electron chi connectivity index (χ4n) is 1.66. The maximum atomic E-state index is 12.4. The summed E-state index contributed by atoms with van der Waals surface area (Å²) in [5.41, 5.74) is -2.38. The molecule has 0 N–H and O–H groups in total. The quantitative estimate of drug-likeness (QED) is 0.152. The first-order chi connectivity index (χ1) is 15.2. The molecule has 1 rings (SSSR count). The molecule has 1 aromatic carbocycles. The number of halogens is 9. The van der Waals surface area contributed by atoms with Crippen LogP contribution < -0.4 is 0 Å². The molecule has 0 aliphatic carbocycles. The summed E-state index contributed by atoms with van der Waals surface area (Å²) in [6.07, 6.45) is 0. The average Bonchev–Trinajstić information content (AvgIpc) is 2.65. The van der Waals surface area contributed by atoms with Crippen molar-refractivity contribution in [2.24, 2.45) is 0 Å². The Hall–Kier alpha value is -0.400. The first kappa shape index (κ1) is 31.6. The van der Waals surface area contributed by atoms with E-state index < -0.39 is 68.8 Å². The highest BCUT2D eigenvalue weighted by atomic mass is 35.6. The van der Waals surface area contributed by atoms with Gasteiger partial charge in [-0.1, -0.05) is 104 Å². The third-order valence-corrected chi connectivity index (χ3v) is 4.91. The van der Waals surface area contributed by atoms with Crippen LogP contribution in [0.2, 0.25) is 0 Å². The van der Waals surface area contributed by atoms with E-state index in [1.54, 1.807) is 0 Å². The molecular formula is C15H3Cl9O9S. The van der Waals surface area contributed by atoms with E-state index in [0.717, 1.165) is 0 Å². The second-order valence-electron chi connectivity index (χ2n) is 5.44. The second kappa shape index (κ2) is 11.8. The molecule has 34 heavy (non-hydrogen) atoms. The van der Waals surface area contributed by atoms with Crippen LogP contribution in [0.15, 0.2) is 17.0 Å². The molecule has 0 atom stereocenters. The number of esters is 6. The van der Waals surface area contributed by atoms with Crippen molar-refractivity contribution in [1.29, 1.82) is 0 Å². The van der Waals surface area contributed by atoms with Crippen LogP contribution in [0.3, 0.4) is 0 Å². The average molecular weight is 678 g/mol. The molecule has 186 valence electrons. The number of thiol groups is 1. The van der Waals surface area contributed by atoms with Crippen LogP contribution in [-0.4, -0.2) is 47.2 Å². The van der Waals surface area contributed by atoms with Gasteiger partial charge in [-0.3, -0.25) is 0 Å². The topological polar surface area (TPSA) is 130 Å². The van der Waals surface area contributed by atoms with Gasteiger partial charge >= 0.3 is 35.8 Å². The van der Waals surface area contributed by atoms with Gasteiger partial charge < -0.3 is 14.2 Å². The summed E-state index contributed by atoms with van der Waals surface area (Å²) in [5.74, 6) is -9.80. The first-order valence-electron chi connectivity index (χ1n) is 7.53. The molecule has 1 aromatic rings. The highest BCUT2D eigenvalue weighted by Gasteiger charge is 2.39. The lowest BCUT2D eigenvalue weighted by molar-refractivity contribution is -0.138. The van der Waals surface area contributed by atoms with Crippen LogP contribution in [0.5, 0.6) is 0 Å². The summed E-state index contributed by atoms with van der Waals surface area (Å²) in [7, 11) is 0. The van der Waals surface area contributed by atoms with Crippen molar-refractivity contribution in [2.45, 2.75) is 16.3 Å². The Morgan fingerprint density at radius 1 is 0.559 bits per heavy atom. The highest BCUT2D eigenvalue weighted by Crippen LogP contribution is 2.32. The first-order valence-corrected chi connectivity index (χ1v) is 11.4. The van der Waals surface area contributed by atoms with Gasteiger partial charge in [0.25, 0.3) is 11.4 Å². The maximum absolute atomic E-state index is 12.4. The van der Waals surface area contributed by atoms with Gasteiger partial charge in [0.15, 0.2) is 0 Å². The summed E-state index contributed by atoms with van der Waals surface area (Å²) in [4.78, 5) is 71.5. The molecule has 0 spiro atoms. The van der Waals surface area contributed by atoms with Crippen LogP contribution >= 0.6 is 117 Å². The molecule has 0 fully saturated rings. The molecule has 0 saturated carbocycles. The Morgan fingerprint density at radius 2 is 0.824 bits per heavy atom. The van der Waals surface area contributed by atoms with Crippen molar-refractivity contribution in [3.63, 3.8) is 0 Å². The minimum absolute atomic E-state index is 0.631. The van der Waals surface area contributed by atoms with E-state index >= 15 is 0 Å². The van der Waals surface area contributed by atoms with E-state index in [0.29, 0.717) is 12.1 Å². The van der Waals surface area contributed by atoms with E-state index in [-0.39, 0.29) is 0 Å². The SMILES string of the molecule is O=C(OC(=O)C(Cl)(Cl)Cl)c1cc(C(=O)OC(=O)C(Cl)(Cl)Cl)c(S)c(C(=O)OC(=O)C(Cl)(Cl)Cl)c1. The third-order valence-electron chi connectivity index (χ3n) is 3.04. The van der Waals surface area contributed by atoms with E-state index in [9.17, 15) is 28.8 Å². The van der Waals surface area contributed by atoms with Gasteiger partial charge in [-0.25, -0.2) is 28.8 Å². The smallest absolute Gasteiger partial charge is 0.366 e. The standard InChI is InChI=1S/C15H3Cl9O9S/c16-13(17,18)10(28)31-7(25)3-1-4(8(26)32-11(29)14(19,20)21)6(34)5(2-3)9(27)33-12(30)15(22,23)24/h1-2,34H. The fraction of sp³-hybridized carbons (Fsp3) is 0.200. The zero-order chi connectivity index (χ0) is 26.8. The van der Waals surface area contributed by atoms with Crippen LogP contribution in [0.4, 0.5) is 0 Å². The summed E-state index contributed by atoms with van der Waals surface area (Å²) in [5, 5.41) is 0. The van der Waals surface area contributed by atoms with E-state index in [1.807, 2.05) is 0 Å². The summed E-state index contributed by atoms with van der Waals surface area (Å²) < 4.78 is 4.91. The number of hydrogen-bond donors (Lipinski definition) is 1. The zero-order valence-corrected chi connectivity index (χ0v) is 22.9. The van der Waals surface area contributed by atoms with Gasteiger partial charge in [0.05, 0.1) is 16.7 Å². The summed E-state index contributed by atoms with van der Waals surface area (Å²) in [6.45, 7) is 0. The van der Waals surface area contributed by atoms with Crippen molar-refractivity contribution in [2.75, 3.05) is 0 Å². The van der Waals surface area contributed by atoms with Crippen LogP contribution in [0.25, 0.3) is 0 Å². The van der Waals surface area contributed by atoms with Crippen molar-refractivity contribution in [3.8, 4) is 0 Å². The van der Waals surface area contributed by atoms with Crippen LogP contribution in [0, 0.1) is 0 Å². The van der Waals surface area contributed by atoms with Gasteiger partial charge in [-0.15, -0.1) is 12.6 Å².